The fourth-order valence-corrected chi connectivity index (χ4v) is 3.14. The number of nitrogens with one attached hydrogen (secondary N) is 1. The lowest BCUT2D eigenvalue weighted by molar-refractivity contribution is 0.354. The highest BCUT2D eigenvalue weighted by molar-refractivity contribution is 6.30. The van der Waals surface area contributed by atoms with Crippen LogP contribution in [0.15, 0.2) is 24.3 Å². The maximum Gasteiger partial charge on any atom is 0.0406 e. The lowest BCUT2D eigenvalue weighted by Crippen LogP contribution is -2.36. The molecule has 18 heavy (non-hydrogen) atoms. The largest absolute Gasteiger partial charge is 0.311 e. The number of benzene rings is 1. The molecule has 1 aliphatic rings. The van der Waals surface area contributed by atoms with Crippen LogP contribution >= 0.6 is 11.6 Å². The first-order chi connectivity index (χ1) is 8.44. The van der Waals surface area contributed by atoms with Crippen molar-refractivity contribution in [3.8, 4) is 0 Å². The Balaban J connectivity index is 1.82. The van der Waals surface area contributed by atoms with Crippen LogP contribution in [0.25, 0.3) is 0 Å². The molecule has 0 aliphatic heterocycles. The van der Waals surface area contributed by atoms with Crippen molar-refractivity contribution in [1.82, 2.24) is 5.32 Å². The van der Waals surface area contributed by atoms with Crippen LogP contribution in [0.2, 0.25) is 5.02 Å². The lowest BCUT2D eigenvalue weighted by Gasteiger charge is -2.21. The first-order valence-corrected chi connectivity index (χ1v) is 7.33. The number of hydrogen-bond acceptors (Lipinski definition) is 1. The SMILES string of the molecule is CC(Cc1ccc(Cl)cc1)NC1CCC(C)(C)C1. The second kappa shape index (κ2) is 5.63. The van der Waals surface area contributed by atoms with Crippen LogP contribution in [0, 0.1) is 5.41 Å². The van der Waals surface area contributed by atoms with Crippen molar-refractivity contribution >= 4 is 11.6 Å². The molecule has 1 nitrogen and oxygen atoms in total. The molecule has 1 N–H and O–H groups in total. The molecule has 0 heterocycles. The normalized spacial score (nSPS) is 24.1. The maximum atomic E-state index is 5.90. The van der Waals surface area contributed by atoms with Gasteiger partial charge in [-0.15, -0.1) is 0 Å². The van der Waals surface area contributed by atoms with E-state index in [-0.39, 0.29) is 0 Å². The van der Waals surface area contributed by atoms with Crippen LogP contribution in [0.5, 0.6) is 0 Å². The van der Waals surface area contributed by atoms with E-state index in [4.69, 9.17) is 11.6 Å². The molecule has 1 fully saturated rings. The van der Waals surface area contributed by atoms with Crippen LogP contribution in [0.4, 0.5) is 0 Å². The third kappa shape index (κ3) is 4.00. The van der Waals surface area contributed by atoms with E-state index >= 15 is 0 Å². The van der Waals surface area contributed by atoms with Gasteiger partial charge in [-0.25, -0.2) is 0 Å². The molecule has 2 heteroatoms. The molecule has 0 aromatic heterocycles. The van der Waals surface area contributed by atoms with Crippen molar-refractivity contribution in [2.75, 3.05) is 0 Å². The van der Waals surface area contributed by atoms with Gasteiger partial charge in [0.25, 0.3) is 0 Å². The van der Waals surface area contributed by atoms with E-state index in [0.29, 0.717) is 17.5 Å². The predicted molar refractivity (Wildman–Crippen MR) is 79.2 cm³/mol. The molecule has 0 spiro atoms. The summed E-state index contributed by atoms with van der Waals surface area (Å²) in [5, 5.41) is 4.58. The fraction of sp³-hybridized carbons (Fsp3) is 0.625. The van der Waals surface area contributed by atoms with Crippen LogP contribution in [0.3, 0.4) is 0 Å². The van der Waals surface area contributed by atoms with Crippen molar-refractivity contribution in [2.45, 2.75) is 58.5 Å². The lowest BCUT2D eigenvalue weighted by atomic mass is 9.91. The van der Waals surface area contributed by atoms with E-state index in [1.54, 1.807) is 0 Å². The van der Waals surface area contributed by atoms with Crippen LogP contribution in [0.1, 0.15) is 45.6 Å². The van der Waals surface area contributed by atoms with E-state index in [1.165, 1.54) is 24.8 Å². The maximum absolute atomic E-state index is 5.90. The predicted octanol–water partition coefficient (Wildman–Crippen LogP) is 4.44. The topological polar surface area (TPSA) is 12.0 Å². The molecule has 0 saturated heterocycles. The smallest absolute Gasteiger partial charge is 0.0406 e. The molecule has 1 aliphatic carbocycles. The molecule has 100 valence electrons. The summed E-state index contributed by atoms with van der Waals surface area (Å²) in [6.07, 6.45) is 5.04. The number of rotatable bonds is 4. The summed E-state index contributed by atoms with van der Waals surface area (Å²) in [7, 11) is 0. The average molecular weight is 266 g/mol. The molecule has 0 amide bonds. The molecular weight excluding hydrogens is 242 g/mol. The van der Waals surface area contributed by atoms with Gasteiger partial charge in [-0.05, 0) is 55.7 Å². The van der Waals surface area contributed by atoms with Gasteiger partial charge < -0.3 is 5.32 Å². The second-order valence-corrected chi connectivity index (χ2v) is 6.94. The summed E-state index contributed by atoms with van der Waals surface area (Å²) < 4.78 is 0. The Kier molecular flexibility index (Phi) is 4.34. The Bertz CT molecular complexity index is 383. The monoisotopic (exact) mass is 265 g/mol. The summed E-state index contributed by atoms with van der Waals surface area (Å²) in [5.74, 6) is 0. The minimum Gasteiger partial charge on any atom is -0.311 e. The van der Waals surface area contributed by atoms with Crippen molar-refractivity contribution < 1.29 is 0 Å². The summed E-state index contributed by atoms with van der Waals surface area (Å²) in [5.41, 5.74) is 1.88. The second-order valence-electron chi connectivity index (χ2n) is 6.50. The van der Waals surface area contributed by atoms with Crippen molar-refractivity contribution in [1.29, 1.82) is 0 Å². The van der Waals surface area contributed by atoms with Gasteiger partial charge in [0, 0.05) is 17.1 Å². The van der Waals surface area contributed by atoms with E-state index < -0.39 is 0 Å². The summed E-state index contributed by atoms with van der Waals surface area (Å²) in [4.78, 5) is 0. The molecule has 2 unspecified atom stereocenters. The van der Waals surface area contributed by atoms with Crippen LogP contribution in [-0.2, 0) is 6.42 Å². The molecule has 0 bridgehead atoms. The van der Waals surface area contributed by atoms with E-state index in [2.05, 4.69) is 38.2 Å². The Labute approximate surface area is 116 Å². The third-order valence-corrected chi connectivity index (χ3v) is 4.20. The van der Waals surface area contributed by atoms with Gasteiger partial charge in [0.2, 0.25) is 0 Å². The highest BCUT2D eigenvalue weighted by atomic mass is 35.5. The molecule has 2 rings (SSSR count). The molecule has 0 radical (unpaired) electrons. The standard InChI is InChI=1S/C16H24ClN/c1-12(10-13-4-6-14(17)7-5-13)18-15-8-9-16(2,3)11-15/h4-7,12,15,18H,8-11H2,1-3H3. The summed E-state index contributed by atoms with van der Waals surface area (Å²) in [6, 6.07) is 9.43. The van der Waals surface area contributed by atoms with Crippen LogP contribution < -0.4 is 5.32 Å². The molecule has 1 aromatic rings. The molecular formula is C16H24ClN. The van der Waals surface area contributed by atoms with Crippen molar-refractivity contribution in [2.24, 2.45) is 5.41 Å². The quantitative estimate of drug-likeness (QED) is 0.849. The highest BCUT2D eigenvalue weighted by Gasteiger charge is 2.31. The Morgan fingerprint density at radius 1 is 1.33 bits per heavy atom. The van der Waals surface area contributed by atoms with Crippen LogP contribution in [-0.4, -0.2) is 12.1 Å². The van der Waals surface area contributed by atoms with Crippen molar-refractivity contribution in [3.63, 3.8) is 0 Å². The van der Waals surface area contributed by atoms with Gasteiger partial charge in [0.1, 0.15) is 0 Å². The first kappa shape index (κ1) is 13.9. The Hall–Kier alpha value is -0.530. The summed E-state index contributed by atoms with van der Waals surface area (Å²) in [6.45, 7) is 7.02. The summed E-state index contributed by atoms with van der Waals surface area (Å²) >= 11 is 5.90. The van der Waals surface area contributed by atoms with Gasteiger partial charge in [0.15, 0.2) is 0 Å². The average Bonchev–Trinajstić information content (AvgIpc) is 2.61. The van der Waals surface area contributed by atoms with Gasteiger partial charge in [-0.1, -0.05) is 37.6 Å². The van der Waals surface area contributed by atoms with Gasteiger partial charge in [0.05, 0.1) is 0 Å². The third-order valence-electron chi connectivity index (χ3n) is 3.94. The first-order valence-electron chi connectivity index (χ1n) is 6.95. The fourth-order valence-electron chi connectivity index (χ4n) is 3.01. The zero-order chi connectivity index (χ0) is 13.2. The minimum atomic E-state index is 0.525. The molecule has 1 aromatic carbocycles. The van der Waals surface area contributed by atoms with E-state index in [1.807, 2.05) is 12.1 Å². The number of halogens is 1. The Morgan fingerprint density at radius 2 is 2.00 bits per heavy atom. The molecule has 1 saturated carbocycles. The van der Waals surface area contributed by atoms with Gasteiger partial charge >= 0.3 is 0 Å². The molecule has 2 atom stereocenters. The van der Waals surface area contributed by atoms with Gasteiger partial charge in [-0.2, -0.15) is 0 Å². The number of hydrogen-bond donors (Lipinski definition) is 1. The van der Waals surface area contributed by atoms with E-state index in [9.17, 15) is 0 Å². The highest BCUT2D eigenvalue weighted by Crippen LogP contribution is 2.37. The van der Waals surface area contributed by atoms with E-state index in [0.717, 1.165) is 11.4 Å². The van der Waals surface area contributed by atoms with Crippen molar-refractivity contribution in [3.05, 3.63) is 34.9 Å². The zero-order valence-corrected chi connectivity index (χ0v) is 12.4. The van der Waals surface area contributed by atoms with Gasteiger partial charge in [-0.3, -0.25) is 0 Å². The Morgan fingerprint density at radius 3 is 2.56 bits per heavy atom. The zero-order valence-electron chi connectivity index (χ0n) is 11.7. The minimum absolute atomic E-state index is 0.525.